The van der Waals surface area contributed by atoms with E-state index in [0.717, 1.165) is 38.5 Å². The number of benzene rings is 1. The van der Waals surface area contributed by atoms with E-state index in [1.165, 1.54) is 23.1 Å². The third-order valence-electron chi connectivity index (χ3n) is 5.39. The topological polar surface area (TPSA) is 88.3 Å². The minimum Gasteiger partial charge on any atom is -0.383 e. The van der Waals surface area contributed by atoms with E-state index in [1.807, 2.05) is 0 Å². The van der Waals surface area contributed by atoms with Crippen LogP contribution in [0.1, 0.15) is 42.5 Å². The lowest BCUT2D eigenvalue weighted by atomic mass is 9.84. The van der Waals surface area contributed by atoms with Crippen molar-refractivity contribution in [1.82, 2.24) is 10.3 Å². The van der Waals surface area contributed by atoms with Crippen LogP contribution in [0.2, 0.25) is 5.02 Å². The Labute approximate surface area is 174 Å². The zero-order valence-corrected chi connectivity index (χ0v) is 16.7. The minimum atomic E-state index is -0.432. The van der Waals surface area contributed by atoms with Crippen LogP contribution in [-0.2, 0) is 4.79 Å². The van der Waals surface area contributed by atoms with Gasteiger partial charge in [0.25, 0.3) is 5.91 Å². The molecule has 1 saturated carbocycles. The molecule has 0 saturated heterocycles. The number of pyridine rings is 1. The van der Waals surface area contributed by atoms with Gasteiger partial charge in [-0.25, -0.2) is 9.37 Å². The molecule has 1 fully saturated rings. The van der Waals surface area contributed by atoms with Crippen molar-refractivity contribution in [1.29, 1.82) is 0 Å². The summed E-state index contributed by atoms with van der Waals surface area (Å²) in [6.07, 6.45) is 6.75. The quantitative estimate of drug-likeness (QED) is 0.669. The van der Waals surface area contributed by atoms with Crippen LogP contribution in [0, 0.1) is 11.7 Å². The molecular formula is C21H24ClFN4O2. The highest BCUT2D eigenvalue weighted by Crippen LogP contribution is 2.30. The molecule has 29 heavy (non-hydrogen) atoms. The number of hydrogen-bond donors (Lipinski definition) is 2. The second-order valence-electron chi connectivity index (χ2n) is 7.31. The summed E-state index contributed by atoms with van der Waals surface area (Å²) in [5, 5.41) is 3.25. The SMILES string of the molecule is Nc1ncccc1C(=O)N[C@H]1CC[C@@H](CCN(C=O)c2ccc(F)cc2Cl)CC1. The molecule has 154 valence electrons. The van der Waals surface area contributed by atoms with Gasteiger partial charge < -0.3 is 16.0 Å². The van der Waals surface area contributed by atoms with E-state index in [9.17, 15) is 14.0 Å². The molecule has 1 aromatic heterocycles. The molecule has 0 aliphatic heterocycles. The predicted molar refractivity (Wildman–Crippen MR) is 111 cm³/mol. The molecule has 0 atom stereocenters. The fourth-order valence-electron chi connectivity index (χ4n) is 3.73. The van der Waals surface area contributed by atoms with Crippen molar-refractivity contribution in [3.8, 4) is 0 Å². The van der Waals surface area contributed by atoms with Gasteiger partial charge in [-0.1, -0.05) is 11.6 Å². The Morgan fingerprint density at radius 3 is 2.72 bits per heavy atom. The zero-order valence-electron chi connectivity index (χ0n) is 16.0. The summed E-state index contributed by atoms with van der Waals surface area (Å²) in [7, 11) is 0. The van der Waals surface area contributed by atoms with Crippen LogP contribution in [0.4, 0.5) is 15.9 Å². The zero-order chi connectivity index (χ0) is 20.8. The Hall–Kier alpha value is -2.67. The highest BCUT2D eigenvalue weighted by molar-refractivity contribution is 6.33. The van der Waals surface area contributed by atoms with Gasteiger partial charge in [0.2, 0.25) is 6.41 Å². The Kier molecular flexibility index (Phi) is 7.04. The first kappa shape index (κ1) is 21.0. The number of carbonyl (C=O) groups is 2. The fraction of sp³-hybridized carbons (Fsp3) is 0.381. The van der Waals surface area contributed by atoms with Gasteiger partial charge in [0.1, 0.15) is 11.6 Å². The Morgan fingerprint density at radius 2 is 2.07 bits per heavy atom. The smallest absolute Gasteiger partial charge is 0.255 e. The molecule has 2 aromatic rings. The van der Waals surface area contributed by atoms with E-state index in [1.54, 1.807) is 18.3 Å². The van der Waals surface area contributed by atoms with Crippen LogP contribution in [0.3, 0.4) is 0 Å². The van der Waals surface area contributed by atoms with E-state index < -0.39 is 5.82 Å². The first-order valence-corrected chi connectivity index (χ1v) is 10.0. The lowest BCUT2D eigenvalue weighted by Gasteiger charge is -2.30. The van der Waals surface area contributed by atoms with Gasteiger partial charge in [-0.3, -0.25) is 9.59 Å². The maximum atomic E-state index is 13.2. The molecule has 3 N–H and O–H groups in total. The average molecular weight is 419 g/mol. The molecular weight excluding hydrogens is 395 g/mol. The lowest BCUT2D eigenvalue weighted by molar-refractivity contribution is -0.107. The number of nitrogens with zero attached hydrogens (tertiary/aromatic N) is 2. The highest BCUT2D eigenvalue weighted by Gasteiger charge is 2.24. The van der Waals surface area contributed by atoms with Crippen LogP contribution in [0.25, 0.3) is 0 Å². The van der Waals surface area contributed by atoms with E-state index in [0.29, 0.717) is 23.7 Å². The van der Waals surface area contributed by atoms with Gasteiger partial charge in [0.15, 0.2) is 0 Å². The van der Waals surface area contributed by atoms with E-state index >= 15 is 0 Å². The first-order valence-electron chi connectivity index (χ1n) is 9.66. The van der Waals surface area contributed by atoms with Crippen LogP contribution in [-0.4, -0.2) is 29.9 Å². The minimum absolute atomic E-state index is 0.104. The number of rotatable bonds is 7. The highest BCUT2D eigenvalue weighted by atomic mass is 35.5. The van der Waals surface area contributed by atoms with Crippen molar-refractivity contribution in [3.63, 3.8) is 0 Å². The molecule has 3 rings (SSSR count). The second-order valence-corrected chi connectivity index (χ2v) is 7.72. The molecule has 1 aliphatic rings. The number of aromatic nitrogens is 1. The molecule has 1 aromatic carbocycles. The predicted octanol–water partition coefficient (Wildman–Crippen LogP) is 3.80. The van der Waals surface area contributed by atoms with E-state index in [2.05, 4.69) is 10.3 Å². The molecule has 0 bridgehead atoms. The van der Waals surface area contributed by atoms with Gasteiger partial charge in [0.05, 0.1) is 16.3 Å². The third kappa shape index (κ3) is 5.44. The molecule has 1 heterocycles. The Balaban J connectivity index is 1.47. The molecule has 1 aliphatic carbocycles. The van der Waals surface area contributed by atoms with Gasteiger partial charge in [-0.2, -0.15) is 0 Å². The largest absolute Gasteiger partial charge is 0.383 e. The van der Waals surface area contributed by atoms with Crippen LogP contribution in [0.5, 0.6) is 0 Å². The average Bonchev–Trinajstić information content (AvgIpc) is 2.71. The molecule has 2 amide bonds. The van der Waals surface area contributed by atoms with Crippen molar-refractivity contribution in [2.24, 2.45) is 5.92 Å². The summed E-state index contributed by atoms with van der Waals surface area (Å²) < 4.78 is 13.2. The molecule has 6 nitrogen and oxygen atoms in total. The van der Waals surface area contributed by atoms with Crippen molar-refractivity contribution in [2.45, 2.75) is 38.1 Å². The summed E-state index contributed by atoms with van der Waals surface area (Å²) in [6.45, 7) is 0.517. The number of amides is 2. The lowest BCUT2D eigenvalue weighted by Crippen LogP contribution is -2.38. The number of nitrogen functional groups attached to an aromatic ring is 1. The van der Waals surface area contributed by atoms with Crippen LogP contribution < -0.4 is 16.0 Å². The number of halogens is 2. The number of nitrogens with one attached hydrogen (secondary N) is 1. The standard InChI is InChI=1S/C21H24ClFN4O2/c22-18-12-15(23)5-8-19(18)27(13-28)11-9-14-3-6-16(7-4-14)26-21(29)17-2-1-10-25-20(17)24/h1-2,5,8,10,12-14,16H,3-4,6-7,9,11H2,(H2,24,25)(H,26,29)/t14-,16+. The van der Waals surface area contributed by atoms with Crippen LogP contribution in [0.15, 0.2) is 36.5 Å². The molecule has 0 radical (unpaired) electrons. The maximum absolute atomic E-state index is 13.2. The summed E-state index contributed by atoms with van der Waals surface area (Å²) in [5.41, 5.74) is 6.67. The van der Waals surface area contributed by atoms with Gasteiger partial charge >= 0.3 is 0 Å². The number of carbonyl (C=O) groups excluding carboxylic acids is 2. The van der Waals surface area contributed by atoms with Gasteiger partial charge in [-0.15, -0.1) is 0 Å². The Morgan fingerprint density at radius 1 is 1.31 bits per heavy atom. The molecule has 8 heteroatoms. The molecule has 0 spiro atoms. The summed E-state index contributed by atoms with van der Waals surface area (Å²) in [6, 6.07) is 7.47. The van der Waals surface area contributed by atoms with Crippen molar-refractivity contribution >= 4 is 35.4 Å². The normalized spacial score (nSPS) is 18.8. The molecule has 0 unspecified atom stereocenters. The Bertz CT molecular complexity index is 872. The summed E-state index contributed by atoms with van der Waals surface area (Å²) in [5.74, 6) is 0.0514. The van der Waals surface area contributed by atoms with Gasteiger partial charge in [-0.05, 0) is 68.4 Å². The second kappa shape index (κ2) is 9.69. The first-order chi connectivity index (χ1) is 14.0. The van der Waals surface area contributed by atoms with Crippen molar-refractivity contribution in [2.75, 3.05) is 17.2 Å². The fourth-order valence-corrected chi connectivity index (χ4v) is 4.01. The maximum Gasteiger partial charge on any atom is 0.255 e. The van der Waals surface area contributed by atoms with Crippen molar-refractivity contribution in [3.05, 3.63) is 52.9 Å². The summed E-state index contributed by atoms with van der Waals surface area (Å²) >= 11 is 6.06. The monoisotopic (exact) mass is 418 g/mol. The number of nitrogens with two attached hydrogens (primary N) is 1. The van der Waals surface area contributed by atoms with E-state index in [-0.39, 0.29) is 22.8 Å². The van der Waals surface area contributed by atoms with E-state index in [4.69, 9.17) is 17.3 Å². The summed E-state index contributed by atoms with van der Waals surface area (Å²) in [4.78, 5) is 29.3. The van der Waals surface area contributed by atoms with Crippen molar-refractivity contribution < 1.29 is 14.0 Å². The third-order valence-corrected chi connectivity index (χ3v) is 5.69. The number of hydrogen-bond acceptors (Lipinski definition) is 4. The number of anilines is 2. The van der Waals surface area contributed by atoms with Gasteiger partial charge in [0, 0.05) is 18.8 Å². The van der Waals surface area contributed by atoms with Crippen LogP contribution >= 0.6 is 11.6 Å².